The number of aromatic carboxylic acids is 1. The Hall–Kier alpha value is -2.34. The van der Waals surface area contributed by atoms with Crippen LogP contribution in [0.15, 0.2) is 23.0 Å². The van der Waals surface area contributed by atoms with Crippen molar-refractivity contribution in [2.24, 2.45) is 0 Å². The van der Waals surface area contributed by atoms with Crippen LogP contribution in [0.5, 0.6) is 0 Å². The molecule has 0 bridgehead atoms. The predicted octanol–water partition coefficient (Wildman–Crippen LogP) is 2.06. The highest BCUT2D eigenvalue weighted by Crippen LogP contribution is 2.23. The molecular weight excluding hydrogens is 286 g/mol. The number of ether oxygens (including phenoxy) is 1. The fourth-order valence-electron chi connectivity index (χ4n) is 1.83. The molecule has 2 aromatic rings. The van der Waals surface area contributed by atoms with Gasteiger partial charge in [0.15, 0.2) is 5.43 Å². The Balaban J connectivity index is 2.79. The number of carbonyl (C=O) groups is 2. The van der Waals surface area contributed by atoms with Gasteiger partial charge in [-0.05, 0) is 19.1 Å². The summed E-state index contributed by atoms with van der Waals surface area (Å²) in [7, 11) is 0. The average Bonchev–Trinajstić information content (AvgIpc) is 2.39. The fourth-order valence-corrected chi connectivity index (χ4v) is 2.03. The number of aromatic nitrogens is 1. The van der Waals surface area contributed by atoms with Gasteiger partial charge >= 0.3 is 11.9 Å². The zero-order valence-corrected chi connectivity index (χ0v) is 11.2. The third kappa shape index (κ3) is 2.37. The van der Waals surface area contributed by atoms with Crippen LogP contribution < -0.4 is 5.43 Å². The number of halogens is 1. The molecule has 0 fully saturated rings. The second-order valence-electron chi connectivity index (χ2n) is 3.92. The molecule has 2 rings (SSSR count). The number of hydrogen-bond donors (Lipinski definition) is 2. The van der Waals surface area contributed by atoms with Gasteiger partial charge in [0.25, 0.3) is 0 Å². The van der Waals surface area contributed by atoms with E-state index in [2.05, 4.69) is 4.98 Å². The molecule has 7 heteroatoms. The first-order valence-electron chi connectivity index (χ1n) is 5.71. The monoisotopic (exact) mass is 295 g/mol. The minimum atomic E-state index is -1.25. The van der Waals surface area contributed by atoms with E-state index < -0.39 is 17.4 Å². The van der Waals surface area contributed by atoms with Crippen molar-refractivity contribution in [3.05, 3.63) is 44.7 Å². The van der Waals surface area contributed by atoms with E-state index >= 15 is 0 Å². The SMILES string of the molecule is CCOC(=O)c1cc(=O)c2c(C(=O)O)ccc(Cl)c2[nH]1. The van der Waals surface area contributed by atoms with Crippen LogP contribution in [0.3, 0.4) is 0 Å². The maximum atomic E-state index is 12.0. The number of carbonyl (C=O) groups excluding carboxylic acids is 1. The number of esters is 1. The number of hydrogen-bond acceptors (Lipinski definition) is 4. The summed E-state index contributed by atoms with van der Waals surface area (Å²) in [6, 6.07) is 3.59. The zero-order valence-electron chi connectivity index (χ0n) is 10.4. The van der Waals surface area contributed by atoms with Gasteiger partial charge in [0.2, 0.25) is 0 Å². The minimum Gasteiger partial charge on any atom is -0.478 e. The summed E-state index contributed by atoms with van der Waals surface area (Å²) < 4.78 is 4.78. The third-order valence-electron chi connectivity index (χ3n) is 2.66. The van der Waals surface area contributed by atoms with Crippen LogP contribution in [0.1, 0.15) is 27.8 Å². The van der Waals surface area contributed by atoms with Crippen LogP contribution in [0.4, 0.5) is 0 Å². The first-order valence-corrected chi connectivity index (χ1v) is 6.09. The lowest BCUT2D eigenvalue weighted by Gasteiger charge is -2.07. The average molecular weight is 296 g/mol. The van der Waals surface area contributed by atoms with Crippen LogP contribution in [0.2, 0.25) is 5.02 Å². The molecule has 2 N–H and O–H groups in total. The Morgan fingerprint density at radius 1 is 1.40 bits per heavy atom. The van der Waals surface area contributed by atoms with E-state index in [0.717, 1.165) is 6.07 Å². The molecule has 0 aliphatic rings. The van der Waals surface area contributed by atoms with Crippen molar-refractivity contribution in [2.45, 2.75) is 6.92 Å². The molecule has 20 heavy (non-hydrogen) atoms. The highest BCUT2D eigenvalue weighted by Gasteiger charge is 2.17. The molecule has 0 unspecified atom stereocenters. The normalized spacial score (nSPS) is 10.5. The zero-order chi connectivity index (χ0) is 14.9. The highest BCUT2D eigenvalue weighted by molar-refractivity contribution is 6.35. The predicted molar refractivity (Wildman–Crippen MR) is 72.5 cm³/mol. The summed E-state index contributed by atoms with van der Waals surface area (Å²) in [5, 5.41) is 9.15. The van der Waals surface area contributed by atoms with Crippen LogP contribution in [0, 0.1) is 0 Å². The summed E-state index contributed by atoms with van der Waals surface area (Å²) in [6.45, 7) is 1.79. The van der Waals surface area contributed by atoms with Gasteiger partial charge in [0.05, 0.1) is 28.1 Å². The van der Waals surface area contributed by atoms with Crippen molar-refractivity contribution in [2.75, 3.05) is 6.61 Å². The lowest BCUT2D eigenvalue weighted by atomic mass is 10.1. The molecular formula is C13H10ClNO5. The van der Waals surface area contributed by atoms with Crippen LogP contribution >= 0.6 is 11.6 Å². The molecule has 0 aliphatic heterocycles. The van der Waals surface area contributed by atoms with Gasteiger partial charge in [0.1, 0.15) is 5.69 Å². The maximum absolute atomic E-state index is 12.0. The van der Waals surface area contributed by atoms with Gasteiger partial charge in [-0.15, -0.1) is 0 Å². The number of nitrogens with one attached hydrogen (secondary N) is 1. The maximum Gasteiger partial charge on any atom is 0.354 e. The molecule has 1 aromatic carbocycles. The van der Waals surface area contributed by atoms with Gasteiger partial charge in [-0.3, -0.25) is 4.79 Å². The molecule has 0 saturated carbocycles. The molecule has 0 radical (unpaired) electrons. The first-order chi connectivity index (χ1) is 9.45. The van der Waals surface area contributed by atoms with Crippen molar-refractivity contribution < 1.29 is 19.4 Å². The molecule has 1 aromatic heterocycles. The van der Waals surface area contributed by atoms with Gasteiger partial charge in [-0.25, -0.2) is 9.59 Å². The van der Waals surface area contributed by atoms with Crippen molar-refractivity contribution in [3.8, 4) is 0 Å². The summed E-state index contributed by atoms with van der Waals surface area (Å²) >= 11 is 5.94. The van der Waals surface area contributed by atoms with Gasteiger partial charge < -0.3 is 14.8 Å². The van der Waals surface area contributed by atoms with Crippen LogP contribution in [-0.4, -0.2) is 28.6 Å². The van der Waals surface area contributed by atoms with Crippen molar-refractivity contribution >= 4 is 34.4 Å². The van der Waals surface area contributed by atoms with Crippen molar-refractivity contribution in [1.82, 2.24) is 4.98 Å². The number of rotatable bonds is 3. The Labute approximate surface area is 117 Å². The van der Waals surface area contributed by atoms with Gasteiger partial charge in [-0.1, -0.05) is 11.6 Å². The van der Waals surface area contributed by atoms with Crippen LogP contribution in [0.25, 0.3) is 10.9 Å². The Morgan fingerprint density at radius 2 is 2.10 bits per heavy atom. The van der Waals surface area contributed by atoms with E-state index in [4.69, 9.17) is 21.4 Å². The van der Waals surface area contributed by atoms with E-state index in [1.807, 2.05) is 0 Å². The standard InChI is InChI=1S/C13H10ClNO5/c1-2-20-13(19)8-5-9(16)10-6(12(17)18)3-4-7(14)11(10)15-8/h3-5H,2H2,1H3,(H,15,16)(H,17,18). The van der Waals surface area contributed by atoms with E-state index in [0.29, 0.717) is 0 Å². The largest absolute Gasteiger partial charge is 0.478 e. The number of pyridine rings is 1. The van der Waals surface area contributed by atoms with Gasteiger partial charge in [0, 0.05) is 6.07 Å². The number of carboxylic acid groups (broad SMARTS) is 1. The topological polar surface area (TPSA) is 96.5 Å². The van der Waals surface area contributed by atoms with Crippen molar-refractivity contribution in [3.63, 3.8) is 0 Å². The van der Waals surface area contributed by atoms with Crippen molar-refractivity contribution in [1.29, 1.82) is 0 Å². The van der Waals surface area contributed by atoms with Gasteiger partial charge in [-0.2, -0.15) is 0 Å². The molecule has 104 valence electrons. The van der Waals surface area contributed by atoms with E-state index in [9.17, 15) is 14.4 Å². The lowest BCUT2D eigenvalue weighted by molar-refractivity contribution is 0.0519. The number of carboxylic acids is 1. The molecule has 0 atom stereocenters. The van der Waals surface area contributed by atoms with E-state index in [1.54, 1.807) is 6.92 Å². The van der Waals surface area contributed by atoms with E-state index in [-0.39, 0.29) is 33.8 Å². The number of benzene rings is 1. The number of aromatic amines is 1. The molecule has 6 nitrogen and oxygen atoms in total. The summed E-state index contributed by atoms with van der Waals surface area (Å²) in [6.07, 6.45) is 0. The second-order valence-corrected chi connectivity index (χ2v) is 4.33. The number of fused-ring (bicyclic) bond motifs is 1. The Morgan fingerprint density at radius 3 is 2.70 bits per heavy atom. The Kier molecular flexibility index (Phi) is 3.76. The summed E-state index contributed by atoms with van der Waals surface area (Å²) in [4.78, 5) is 37.4. The first kappa shape index (κ1) is 14.1. The lowest BCUT2D eigenvalue weighted by Crippen LogP contribution is -2.15. The van der Waals surface area contributed by atoms with E-state index in [1.165, 1.54) is 12.1 Å². The molecule has 0 amide bonds. The molecule has 1 heterocycles. The second kappa shape index (κ2) is 5.34. The summed E-state index contributed by atoms with van der Waals surface area (Å²) in [5.41, 5.74) is -0.765. The Bertz CT molecular complexity index is 765. The third-order valence-corrected chi connectivity index (χ3v) is 2.98. The highest BCUT2D eigenvalue weighted by atomic mass is 35.5. The molecule has 0 aliphatic carbocycles. The molecule has 0 saturated heterocycles. The minimum absolute atomic E-state index is 0.0713. The summed E-state index contributed by atoms with van der Waals surface area (Å²) in [5.74, 6) is -1.95. The smallest absolute Gasteiger partial charge is 0.354 e. The number of H-pyrrole nitrogens is 1. The quantitative estimate of drug-likeness (QED) is 0.845. The van der Waals surface area contributed by atoms with Crippen LogP contribution in [-0.2, 0) is 4.74 Å². The fraction of sp³-hybridized carbons (Fsp3) is 0.154. The molecule has 0 spiro atoms.